The van der Waals surface area contributed by atoms with Crippen LogP contribution in [0.15, 0.2) is 42.6 Å². The van der Waals surface area contributed by atoms with E-state index in [1.807, 2.05) is 0 Å². The van der Waals surface area contributed by atoms with Gasteiger partial charge in [0.2, 0.25) is 5.69 Å². The molecule has 34 heavy (non-hydrogen) atoms. The summed E-state index contributed by atoms with van der Waals surface area (Å²) in [4.78, 5) is 0. The molecule has 0 bridgehead atoms. The van der Waals surface area contributed by atoms with Crippen molar-refractivity contribution in [3.63, 3.8) is 0 Å². The summed E-state index contributed by atoms with van der Waals surface area (Å²) in [7, 11) is 0.674. The van der Waals surface area contributed by atoms with Gasteiger partial charge in [-0.3, -0.25) is 0 Å². The molecule has 0 radical (unpaired) electrons. The third kappa shape index (κ3) is 4.63. The van der Waals surface area contributed by atoms with Crippen LogP contribution in [-0.4, -0.2) is 8.07 Å². The smallest absolute Gasteiger partial charge is 0.200 e. The van der Waals surface area contributed by atoms with Gasteiger partial charge in [-0.25, -0.2) is 4.57 Å². The molecule has 2 heteroatoms. The second-order valence-corrected chi connectivity index (χ2v) is 17.3. The van der Waals surface area contributed by atoms with Gasteiger partial charge in [-0.1, -0.05) is 81.6 Å². The van der Waals surface area contributed by atoms with Gasteiger partial charge in [0.1, 0.15) is 8.42 Å². The van der Waals surface area contributed by atoms with E-state index in [2.05, 4.69) is 74.6 Å². The summed E-state index contributed by atoms with van der Waals surface area (Å²) in [6, 6.07) is 14.3. The van der Waals surface area contributed by atoms with E-state index in [0.29, 0.717) is 18.0 Å². The highest BCUT2D eigenvalue weighted by atomic mass is 28.3. The van der Waals surface area contributed by atoms with Gasteiger partial charge in [-0.05, 0) is 78.7 Å². The molecule has 5 rings (SSSR count). The van der Waals surface area contributed by atoms with Gasteiger partial charge in [0.15, 0.2) is 6.17 Å². The number of hydrogen-bond acceptors (Lipinski definition) is 0. The number of rotatable bonds is 4. The van der Waals surface area contributed by atoms with Crippen LogP contribution in [0.1, 0.15) is 94.1 Å². The largest absolute Gasteiger partial charge is 0.220 e. The van der Waals surface area contributed by atoms with Gasteiger partial charge in [-0.2, -0.15) is 0 Å². The fraction of sp³-hybridized carbons (Fsp3) is 0.531. The first-order valence-electron chi connectivity index (χ1n) is 14.3. The molecule has 0 amide bonds. The molecule has 1 heterocycles. The van der Waals surface area contributed by atoms with Crippen molar-refractivity contribution in [2.45, 2.75) is 103 Å². The minimum atomic E-state index is -1.42. The average Bonchev–Trinajstić information content (AvgIpc) is 2.85. The van der Waals surface area contributed by atoms with E-state index in [4.69, 9.17) is 1.37 Å². The highest BCUT2D eigenvalue weighted by molar-refractivity contribution is 6.88. The molecule has 3 aromatic rings. The van der Waals surface area contributed by atoms with Crippen molar-refractivity contribution in [2.75, 3.05) is 0 Å². The molecule has 0 unspecified atom stereocenters. The molecule has 2 fully saturated rings. The predicted octanol–water partition coefficient (Wildman–Crippen LogP) is 8.28. The van der Waals surface area contributed by atoms with Gasteiger partial charge in [0.05, 0.1) is 19.0 Å². The summed E-state index contributed by atoms with van der Waals surface area (Å²) in [6.07, 6.45) is 14.2. The molecule has 0 spiro atoms. The van der Waals surface area contributed by atoms with Gasteiger partial charge in [0, 0.05) is 6.07 Å². The molecule has 180 valence electrons. The SMILES string of the molecule is [2H]c1cc2cc([Si](C)(C)C)ccc2c(-c2cc(C3CCCCC3)cc(C3CCCCC3)c2C)[n+]1C. The molecule has 2 aliphatic rings. The number of fused-ring (bicyclic) bond motifs is 1. The standard InChI is InChI=1S/C32H44NSi/c1-23-30(25-14-10-7-11-15-25)21-27(24-12-8-6-9-13-24)22-31(23)32-29-17-16-28(34(3,4)5)20-26(29)18-19-33(32)2/h16-22,24-25H,6-15H2,1-5H3/q+1/i19D. The maximum atomic E-state index is 8.86. The van der Waals surface area contributed by atoms with Crippen molar-refractivity contribution in [1.29, 1.82) is 0 Å². The van der Waals surface area contributed by atoms with Gasteiger partial charge in [0.25, 0.3) is 0 Å². The number of pyridine rings is 1. The van der Waals surface area contributed by atoms with Crippen LogP contribution in [-0.2, 0) is 7.05 Å². The summed E-state index contributed by atoms with van der Waals surface area (Å²) >= 11 is 0. The summed E-state index contributed by atoms with van der Waals surface area (Å²) in [5.74, 6) is 1.39. The van der Waals surface area contributed by atoms with Crippen LogP contribution in [0, 0.1) is 6.92 Å². The van der Waals surface area contributed by atoms with Crippen LogP contribution in [0.4, 0.5) is 0 Å². The maximum absolute atomic E-state index is 8.86. The van der Waals surface area contributed by atoms with E-state index in [1.165, 1.54) is 97.0 Å². The lowest BCUT2D eigenvalue weighted by Gasteiger charge is -2.28. The second-order valence-electron chi connectivity index (χ2n) is 12.2. The lowest BCUT2D eigenvalue weighted by molar-refractivity contribution is -0.659. The molecule has 1 aromatic heterocycles. The van der Waals surface area contributed by atoms with E-state index in [-0.39, 0.29) is 0 Å². The number of nitrogens with zero attached hydrogens (tertiary/aromatic N) is 1. The summed E-state index contributed by atoms with van der Waals surface area (Å²) in [5.41, 5.74) is 7.23. The lowest BCUT2D eigenvalue weighted by atomic mass is 9.76. The Morgan fingerprint density at radius 2 is 1.47 bits per heavy atom. The molecule has 0 N–H and O–H groups in total. The van der Waals surface area contributed by atoms with Gasteiger partial charge in [-0.15, -0.1) is 0 Å². The Labute approximate surface area is 210 Å². The Morgan fingerprint density at radius 1 is 0.824 bits per heavy atom. The van der Waals surface area contributed by atoms with E-state index >= 15 is 0 Å². The Bertz CT molecular complexity index is 1230. The molecular weight excluding hydrogens is 426 g/mol. The Kier molecular flexibility index (Phi) is 6.37. The zero-order valence-electron chi connectivity index (χ0n) is 23.1. The highest BCUT2D eigenvalue weighted by Gasteiger charge is 2.27. The van der Waals surface area contributed by atoms with Crippen LogP contribution < -0.4 is 9.75 Å². The molecule has 0 aliphatic heterocycles. The Balaban J connectivity index is 1.74. The van der Waals surface area contributed by atoms with Crippen LogP contribution >= 0.6 is 0 Å². The maximum Gasteiger partial charge on any atom is 0.220 e. The van der Waals surface area contributed by atoms with Crippen molar-refractivity contribution >= 4 is 24.0 Å². The van der Waals surface area contributed by atoms with Crippen molar-refractivity contribution in [1.82, 2.24) is 0 Å². The second kappa shape index (κ2) is 9.61. The first-order chi connectivity index (χ1) is 16.7. The minimum absolute atomic E-state index is 0.599. The molecular formula is C32H44NSi+. The lowest BCUT2D eigenvalue weighted by Crippen LogP contribution is -2.37. The topological polar surface area (TPSA) is 3.88 Å². The summed E-state index contributed by atoms with van der Waals surface area (Å²) in [6.45, 7) is 9.60. The van der Waals surface area contributed by atoms with Crippen LogP contribution in [0.25, 0.3) is 22.0 Å². The van der Waals surface area contributed by atoms with Gasteiger partial charge >= 0.3 is 0 Å². The Hall–Kier alpha value is -1.93. The third-order valence-corrected chi connectivity index (χ3v) is 10.8. The van der Waals surface area contributed by atoms with Crippen LogP contribution in [0.5, 0.6) is 0 Å². The molecule has 2 aromatic carbocycles. The third-order valence-electron chi connectivity index (χ3n) is 8.77. The zero-order chi connectivity index (χ0) is 24.7. The van der Waals surface area contributed by atoms with Crippen molar-refractivity contribution in [3.8, 4) is 11.3 Å². The quantitative estimate of drug-likeness (QED) is 0.266. The summed E-state index contributed by atoms with van der Waals surface area (Å²) in [5, 5.41) is 3.99. The first kappa shape index (κ1) is 22.5. The van der Waals surface area contributed by atoms with Crippen LogP contribution in [0.2, 0.25) is 19.6 Å². The minimum Gasteiger partial charge on any atom is -0.200 e. The normalized spacial score (nSPS) is 18.9. The molecule has 2 aliphatic carbocycles. The predicted molar refractivity (Wildman–Crippen MR) is 150 cm³/mol. The molecule has 0 saturated heterocycles. The van der Waals surface area contributed by atoms with Crippen molar-refractivity contribution in [2.24, 2.45) is 7.05 Å². The fourth-order valence-electron chi connectivity index (χ4n) is 6.62. The van der Waals surface area contributed by atoms with Crippen molar-refractivity contribution in [3.05, 3.63) is 59.3 Å². The average molecular weight is 472 g/mol. The zero-order valence-corrected chi connectivity index (χ0v) is 23.1. The monoisotopic (exact) mass is 471 g/mol. The molecule has 0 atom stereocenters. The Morgan fingerprint density at radius 3 is 2.12 bits per heavy atom. The van der Waals surface area contributed by atoms with E-state index in [9.17, 15) is 0 Å². The number of benzene rings is 2. The van der Waals surface area contributed by atoms with Crippen LogP contribution in [0.3, 0.4) is 0 Å². The first-order valence-corrected chi connectivity index (χ1v) is 17.3. The van der Waals surface area contributed by atoms with Crippen molar-refractivity contribution < 1.29 is 5.94 Å². The molecule has 1 nitrogen and oxygen atoms in total. The van der Waals surface area contributed by atoms with E-state index in [1.54, 1.807) is 11.1 Å². The number of aromatic nitrogens is 1. The fourth-order valence-corrected chi connectivity index (χ4v) is 7.79. The highest BCUT2D eigenvalue weighted by Crippen LogP contribution is 2.42. The van der Waals surface area contributed by atoms with Gasteiger partial charge < -0.3 is 0 Å². The van der Waals surface area contributed by atoms with E-state index in [0.717, 1.165) is 0 Å². The summed E-state index contributed by atoms with van der Waals surface area (Å²) < 4.78 is 11.0. The number of hydrogen-bond donors (Lipinski definition) is 0. The van der Waals surface area contributed by atoms with E-state index < -0.39 is 8.07 Å². The molecule has 2 saturated carbocycles.